The lowest BCUT2D eigenvalue weighted by molar-refractivity contribution is 0.981. The monoisotopic (exact) mass is 228 g/mol. The Kier molecular flexibility index (Phi) is 3.08. The lowest BCUT2D eigenvalue weighted by Crippen LogP contribution is -2.14. The molecular formula is C12H12N4O. The van der Waals surface area contributed by atoms with Crippen LogP contribution in [-0.2, 0) is 0 Å². The molecule has 1 aromatic heterocycles. The molecule has 1 heterocycles. The van der Waals surface area contributed by atoms with Crippen molar-refractivity contribution in [3.63, 3.8) is 0 Å². The lowest BCUT2D eigenvalue weighted by Gasteiger charge is -2.03. The van der Waals surface area contributed by atoms with Gasteiger partial charge in [0.1, 0.15) is 6.33 Å². The normalized spacial score (nSPS) is 9.76. The summed E-state index contributed by atoms with van der Waals surface area (Å²) >= 11 is 0. The number of nitrogens with two attached hydrogens (primary N) is 1. The van der Waals surface area contributed by atoms with Crippen LogP contribution in [0.3, 0.4) is 0 Å². The van der Waals surface area contributed by atoms with Crippen LogP contribution in [0.4, 0.5) is 0 Å². The van der Waals surface area contributed by atoms with Crippen molar-refractivity contribution in [3.8, 4) is 17.5 Å². The number of H-pyrrole nitrogens is 1. The third-order valence-electron chi connectivity index (χ3n) is 2.38. The molecule has 0 unspecified atom stereocenters. The van der Waals surface area contributed by atoms with Crippen LogP contribution >= 0.6 is 0 Å². The average Bonchev–Trinajstić information content (AvgIpc) is 2.75. The van der Waals surface area contributed by atoms with Crippen molar-refractivity contribution in [2.75, 3.05) is 6.54 Å². The van der Waals surface area contributed by atoms with Gasteiger partial charge in [-0.3, -0.25) is 0 Å². The van der Waals surface area contributed by atoms with Crippen LogP contribution in [0, 0.1) is 18.8 Å². The number of hydrogen-bond acceptors (Lipinski definition) is 3. The summed E-state index contributed by atoms with van der Waals surface area (Å²) < 4.78 is 1.42. The fourth-order valence-corrected chi connectivity index (χ4v) is 1.47. The van der Waals surface area contributed by atoms with Gasteiger partial charge in [-0.2, -0.15) is 5.10 Å². The Bertz CT molecular complexity index is 642. The van der Waals surface area contributed by atoms with E-state index in [-0.39, 0.29) is 5.69 Å². The first-order chi connectivity index (χ1) is 8.22. The summed E-state index contributed by atoms with van der Waals surface area (Å²) in [4.78, 5) is 11.4. The lowest BCUT2D eigenvalue weighted by atomic mass is 10.1. The first-order valence-corrected chi connectivity index (χ1v) is 5.14. The van der Waals surface area contributed by atoms with Crippen LogP contribution in [0.15, 0.2) is 29.3 Å². The highest BCUT2D eigenvalue weighted by molar-refractivity contribution is 5.48. The molecule has 2 rings (SSSR count). The van der Waals surface area contributed by atoms with E-state index in [0.29, 0.717) is 6.54 Å². The molecule has 0 saturated heterocycles. The number of nitrogens with zero attached hydrogens (tertiary/aromatic N) is 2. The van der Waals surface area contributed by atoms with Gasteiger partial charge in [-0.05, 0) is 24.6 Å². The number of rotatable bonds is 1. The molecule has 0 amide bonds. The number of aromatic nitrogens is 3. The van der Waals surface area contributed by atoms with Gasteiger partial charge in [-0.1, -0.05) is 17.9 Å². The van der Waals surface area contributed by atoms with Crippen LogP contribution in [0.2, 0.25) is 0 Å². The zero-order valence-corrected chi connectivity index (χ0v) is 9.40. The smallest absolute Gasteiger partial charge is 0.320 e. The highest BCUT2D eigenvalue weighted by atomic mass is 16.1. The van der Waals surface area contributed by atoms with Crippen molar-refractivity contribution in [1.82, 2.24) is 14.8 Å². The Morgan fingerprint density at radius 2 is 2.35 bits per heavy atom. The van der Waals surface area contributed by atoms with Gasteiger partial charge in [0.05, 0.1) is 12.2 Å². The number of aryl methyl sites for hydroxylation is 1. The summed E-state index contributed by atoms with van der Waals surface area (Å²) in [5.41, 5.74) is 7.71. The van der Waals surface area contributed by atoms with E-state index in [9.17, 15) is 4.79 Å². The second-order valence-electron chi connectivity index (χ2n) is 3.54. The summed E-state index contributed by atoms with van der Waals surface area (Å²) in [5, 5.41) is 6.03. The maximum absolute atomic E-state index is 11.4. The molecule has 0 saturated carbocycles. The van der Waals surface area contributed by atoms with E-state index in [1.165, 1.54) is 10.9 Å². The highest BCUT2D eigenvalue weighted by Crippen LogP contribution is 2.12. The Morgan fingerprint density at radius 1 is 1.53 bits per heavy atom. The van der Waals surface area contributed by atoms with Crippen molar-refractivity contribution >= 4 is 0 Å². The standard InChI is InChI=1S/C12H12N4O/c1-9-4-5-11(7-10(9)3-2-6-13)16-8-14-15-12(16)17/h4-5,7-8H,6,13H2,1H3,(H,15,17). The van der Waals surface area contributed by atoms with Crippen LogP contribution in [-0.4, -0.2) is 21.3 Å². The van der Waals surface area contributed by atoms with Gasteiger partial charge >= 0.3 is 5.69 Å². The third-order valence-corrected chi connectivity index (χ3v) is 2.38. The van der Waals surface area contributed by atoms with Gasteiger partial charge in [0.15, 0.2) is 0 Å². The molecule has 5 heteroatoms. The summed E-state index contributed by atoms with van der Waals surface area (Å²) in [6.07, 6.45) is 1.44. The molecule has 0 spiro atoms. The molecule has 0 aliphatic heterocycles. The summed E-state index contributed by atoms with van der Waals surface area (Å²) in [6, 6.07) is 5.60. The average molecular weight is 228 g/mol. The highest BCUT2D eigenvalue weighted by Gasteiger charge is 2.03. The maximum atomic E-state index is 11.4. The Labute approximate surface area is 98.3 Å². The number of hydrogen-bond donors (Lipinski definition) is 2. The zero-order valence-electron chi connectivity index (χ0n) is 9.40. The second-order valence-corrected chi connectivity index (χ2v) is 3.54. The van der Waals surface area contributed by atoms with Gasteiger partial charge in [-0.15, -0.1) is 0 Å². The summed E-state index contributed by atoms with van der Waals surface area (Å²) in [7, 11) is 0. The molecule has 0 bridgehead atoms. The molecule has 17 heavy (non-hydrogen) atoms. The zero-order chi connectivity index (χ0) is 12.3. The minimum Gasteiger partial charge on any atom is -0.320 e. The minimum atomic E-state index is -0.272. The fourth-order valence-electron chi connectivity index (χ4n) is 1.47. The van der Waals surface area contributed by atoms with Crippen molar-refractivity contribution in [3.05, 3.63) is 46.1 Å². The molecule has 0 fully saturated rings. The largest absolute Gasteiger partial charge is 0.347 e. The number of aromatic amines is 1. The van der Waals surface area contributed by atoms with Crippen LogP contribution in [0.5, 0.6) is 0 Å². The Morgan fingerprint density at radius 3 is 3.00 bits per heavy atom. The molecule has 86 valence electrons. The predicted molar refractivity (Wildman–Crippen MR) is 64.9 cm³/mol. The summed E-state index contributed by atoms with van der Waals surface area (Å²) in [5.74, 6) is 5.77. The van der Waals surface area contributed by atoms with E-state index in [2.05, 4.69) is 22.0 Å². The van der Waals surface area contributed by atoms with E-state index in [0.717, 1.165) is 16.8 Å². The van der Waals surface area contributed by atoms with Crippen molar-refractivity contribution < 1.29 is 0 Å². The van der Waals surface area contributed by atoms with Crippen LogP contribution in [0.25, 0.3) is 5.69 Å². The molecule has 0 aliphatic carbocycles. The first kappa shape index (κ1) is 11.2. The SMILES string of the molecule is Cc1ccc(-n2cn[nH]c2=O)cc1C#CCN. The fraction of sp³-hybridized carbons (Fsp3) is 0.167. The van der Waals surface area contributed by atoms with E-state index < -0.39 is 0 Å². The van der Waals surface area contributed by atoms with Gasteiger partial charge < -0.3 is 5.73 Å². The van der Waals surface area contributed by atoms with Crippen molar-refractivity contribution in [1.29, 1.82) is 0 Å². The van der Waals surface area contributed by atoms with E-state index in [1.54, 1.807) is 0 Å². The molecule has 1 aromatic carbocycles. The van der Waals surface area contributed by atoms with Gasteiger partial charge in [0, 0.05) is 5.56 Å². The maximum Gasteiger partial charge on any atom is 0.347 e. The second kappa shape index (κ2) is 4.68. The molecule has 5 nitrogen and oxygen atoms in total. The van der Waals surface area contributed by atoms with Gasteiger partial charge in [-0.25, -0.2) is 14.5 Å². The Hall–Kier alpha value is -2.32. The molecule has 0 radical (unpaired) electrons. The first-order valence-electron chi connectivity index (χ1n) is 5.14. The van der Waals surface area contributed by atoms with Crippen molar-refractivity contribution in [2.24, 2.45) is 5.73 Å². The topological polar surface area (TPSA) is 76.7 Å². The molecule has 2 aromatic rings. The summed E-state index contributed by atoms with van der Waals surface area (Å²) in [6.45, 7) is 2.28. The Balaban J connectivity index is 2.52. The number of benzene rings is 1. The van der Waals surface area contributed by atoms with E-state index in [4.69, 9.17) is 5.73 Å². The molecular weight excluding hydrogens is 216 g/mol. The van der Waals surface area contributed by atoms with E-state index >= 15 is 0 Å². The molecule has 0 aliphatic rings. The quantitative estimate of drug-likeness (QED) is 0.683. The minimum absolute atomic E-state index is 0.272. The molecule has 0 atom stereocenters. The van der Waals surface area contributed by atoms with E-state index in [1.807, 2.05) is 25.1 Å². The molecule has 3 N–H and O–H groups in total. The predicted octanol–water partition coefficient (Wildman–Crippen LogP) is 0.179. The van der Waals surface area contributed by atoms with Crippen LogP contribution < -0.4 is 11.4 Å². The van der Waals surface area contributed by atoms with Crippen LogP contribution in [0.1, 0.15) is 11.1 Å². The number of nitrogens with one attached hydrogen (secondary N) is 1. The van der Waals surface area contributed by atoms with Gasteiger partial charge in [0.2, 0.25) is 0 Å². The third kappa shape index (κ3) is 2.27. The van der Waals surface area contributed by atoms with Gasteiger partial charge in [0.25, 0.3) is 0 Å². The van der Waals surface area contributed by atoms with Crippen molar-refractivity contribution in [2.45, 2.75) is 6.92 Å².